The zero-order valence-electron chi connectivity index (χ0n) is 8.19. The van der Waals surface area contributed by atoms with E-state index in [9.17, 15) is 17.6 Å². The Morgan fingerprint density at radius 3 is 2.07 bits per heavy atom. The van der Waals surface area contributed by atoms with Crippen molar-refractivity contribution in [1.82, 2.24) is 0 Å². The van der Waals surface area contributed by atoms with Gasteiger partial charge >= 0.3 is 12.0 Å². The highest BCUT2D eigenvalue weighted by molar-refractivity contribution is 5.34. The van der Waals surface area contributed by atoms with Crippen molar-refractivity contribution in [3.8, 4) is 0 Å². The van der Waals surface area contributed by atoms with E-state index in [-0.39, 0.29) is 5.56 Å². The van der Waals surface area contributed by atoms with E-state index >= 15 is 0 Å². The van der Waals surface area contributed by atoms with Gasteiger partial charge in [-0.15, -0.1) is 0 Å². The number of aliphatic hydroxyl groups is 1. The summed E-state index contributed by atoms with van der Waals surface area (Å²) in [7, 11) is 0. The van der Waals surface area contributed by atoms with Gasteiger partial charge in [0.15, 0.2) is 0 Å². The van der Waals surface area contributed by atoms with E-state index in [0.29, 0.717) is 5.56 Å². The number of alkyl halides is 4. The second kappa shape index (κ2) is 3.48. The van der Waals surface area contributed by atoms with Crippen molar-refractivity contribution in [1.29, 1.82) is 0 Å². The van der Waals surface area contributed by atoms with Crippen LogP contribution in [0.15, 0.2) is 18.2 Å². The average Bonchev–Trinajstić information content (AvgIpc) is 2.07. The van der Waals surface area contributed by atoms with Gasteiger partial charge in [0.05, 0.1) is 0 Å². The molecule has 0 unspecified atom stereocenters. The molecular formula is C10H10F4O. The maximum atomic E-state index is 13.1. The number of halogens is 4. The Morgan fingerprint density at radius 2 is 1.60 bits per heavy atom. The quantitative estimate of drug-likeness (QED) is 0.762. The van der Waals surface area contributed by atoms with Crippen molar-refractivity contribution < 1.29 is 22.7 Å². The van der Waals surface area contributed by atoms with E-state index < -0.39 is 17.6 Å². The van der Waals surface area contributed by atoms with Gasteiger partial charge in [0, 0.05) is 5.56 Å². The van der Waals surface area contributed by atoms with Crippen molar-refractivity contribution in [2.24, 2.45) is 0 Å². The minimum Gasteiger partial charge on any atom is -0.331 e. The van der Waals surface area contributed by atoms with Gasteiger partial charge in [-0.05, 0) is 25.5 Å². The van der Waals surface area contributed by atoms with E-state index in [2.05, 4.69) is 0 Å². The Kier molecular flexibility index (Phi) is 2.78. The fourth-order valence-corrected chi connectivity index (χ4v) is 1.24. The van der Waals surface area contributed by atoms with Gasteiger partial charge in [-0.25, -0.2) is 0 Å². The highest BCUT2D eigenvalue weighted by Gasteiger charge is 2.57. The first-order valence-corrected chi connectivity index (χ1v) is 4.22. The molecule has 0 aromatic heterocycles. The number of aryl methyl sites for hydroxylation is 2. The molecule has 0 radical (unpaired) electrons. The van der Waals surface area contributed by atoms with Gasteiger partial charge in [0.1, 0.15) is 0 Å². The third kappa shape index (κ3) is 2.12. The Balaban J connectivity index is 3.32. The van der Waals surface area contributed by atoms with Crippen LogP contribution in [0.2, 0.25) is 0 Å². The summed E-state index contributed by atoms with van der Waals surface area (Å²) < 4.78 is 50.8. The second-order valence-corrected chi connectivity index (χ2v) is 3.43. The molecule has 1 N–H and O–H groups in total. The van der Waals surface area contributed by atoms with Crippen molar-refractivity contribution in [2.45, 2.75) is 25.9 Å². The van der Waals surface area contributed by atoms with Crippen LogP contribution in [-0.2, 0) is 5.92 Å². The summed E-state index contributed by atoms with van der Waals surface area (Å²) in [6.45, 7) is 2.79. The Hall–Kier alpha value is -1.10. The first-order chi connectivity index (χ1) is 6.66. The van der Waals surface area contributed by atoms with E-state index in [1.165, 1.54) is 26.0 Å². The molecule has 84 valence electrons. The maximum Gasteiger partial charge on any atom is 0.421 e. The predicted octanol–water partition coefficient (Wildman–Crippen LogP) is 2.98. The van der Waals surface area contributed by atoms with Crippen LogP contribution in [0, 0.1) is 13.8 Å². The molecule has 0 heterocycles. The number of hydrogen-bond donors (Lipinski definition) is 1. The number of rotatable bonds is 2. The largest absolute Gasteiger partial charge is 0.421 e. The van der Waals surface area contributed by atoms with E-state index in [1.54, 1.807) is 0 Å². The van der Waals surface area contributed by atoms with Crippen molar-refractivity contribution in [3.63, 3.8) is 0 Å². The van der Waals surface area contributed by atoms with Gasteiger partial charge in [-0.1, -0.05) is 17.7 Å². The van der Waals surface area contributed by atoms with Crippen LogP contribution in [-0.4, -0.2) is 11.2 Å². The summed E-state index contributed by atoms with van der Waals surface area (Å²) in [5.74, 6) is -4.57. The summed E-state index contributed by atoms with van der Waals surface area (Å²) in [4.78, 5) is 0. The minimum absolute atomic E-state index is 0.0133. The Labute approximate surface area is 84.3 Å². The molecule has 0 bridgehead atoms. The topological polar surface area (TPSA) is 20.2 Å². The highest BCUT2D eigenvalue weighted by Crippen LogP contribution is 2.42. The fraction of sp³-hybridized carbons (Fsp3) is 0.400. The molecule has 15 heavy (non-hydrogen) atoms. The van der Waals surface area contributed by atoms with E-state index in [0.717, 1.165) is 6.07 Å². The van der Waals surface area contributed by atoms with Crippen LogP contribution in [0.3, 0.4) is 0 Å². The lowest BCUT2D eigenvalue weighted by Crippen LogP contribution is -2.38. The smallest absolute Gasteiger partial charge is 0.331 e. The zero-order valence-corrected chi connectivity index (χ0v) is 8.19. The molecule has 0 amide bonds. The first-order valence-electron chi connectivity index (χ1n) is 4.22. The van der Waals surface area contributed by atoms with Crippen LogP contribution in [0.4, 0.5) is 17.6 Å². The molecule has 0 spiro atoms. The average molecular weight is 222 g/mol. The molecule has 0 saturated carbocycles. The second-order valence-electron chi connectivity index (χ2n) is 3.43. The monoisotopic (exact) mass is 222 g/mol. The van der Waals surface area contributed by atoms with E-state index in [1.807, 2.05) is 0 Å². The first kappa shape index (κ1) is 12.0. The minimum atomic E-state index is -5.05. The van der Waals surface area contributed by atoms with Crippen molar-refractivity contribution in [3.05, 3.63) is 34.9 Å². The van der Waals surface area contributed by atoms with Crippen LogP contribution in [0.5, 0.6) is 0 Å². The molecular weight excluding hydrogens is 212 g/mol. The maximum absolute atomic E-state index is 13.1. The van der Waals surface area contributed by atoms with Crippen molar-refractivity contribution in [2.75, 3.05) is 0 Å². The van der Waals surface area contributed by atoms with Crippen molar-refractivity contribution >= 4 is 0 Å². The third-order valence-electron chi connectivity index (χ3n) is 2.11. The van der Waals surface area contributed by atoms with Gasteiger partial charge in [-0.3, -0.25) is 0 Å². The molecule has 1 aromatic rings. The van der Waals surface area contributed by atoms with Gasteiger partial charge in [-0.2, -0.15) is 17.6 Å². The Morgan fingerprint density at radius 1 is 1.07 bits per heavy atom. The summed E-state index contributed by atoms with van der Waals surface area (Å²) in [6, 6.07) is 3.79. The molecule has 0 fully saturated rings. The molecule has 0 aliphatic rings. The lowest BCUT2D eigenvalue weighted by molar-refractivity contribution is -0.332. The van der Waals surface area contributed by atoms with Gasteiger partial charge in [0.25, 0.3) is 0 Å². The van der Waals surface area contributed by atoms with E-state index in [4.69, 9.17) is 5.11 Å². The predicted molar refractivity (Wildman–Crippen MR) is 47.0 cm³/mol. The lowest BCUT2D eigenvalue weighted by Gasteiger charge is -2.23. The molecule has 0 atom stereocenters. The van der Waals surface area contributed by atoms with Gasteiger partial charge in [0.2, 0.25) is 0 Å². The number of benzene rings is 1. The summed E-state index contributed by atoms with van der Waals surface area (Å²) in [6.07, 6.45) is -5.05. The molecule has 0 saturated heterocycles. The van der Waals surface area contributed by atoms with Gasteiger partial charge < -0.3 is 5.11 Å². The number of hydrogen-bond acceptors (Lipinski definition) is 1. The molecule has 0 aliphatic heterocycles. The zero-order chi connectivity index (χ0) is 11.9. The SMILES string of the molecule is Cc1ccc(C)c(C(F)(F)C(O)(F)F)c1. The van der Waals surface area contributed by atoms with Crippen LogP contribution >= 0.6 is 0 Å². The molecule has 1 nitrogen and oxygen atoms in total. The van der Waals surface area contributed by atoms with Crippen LogP contribution in [0.25, 0.3) is 0 Å². The molecule has 1 rings (SSSR count). The summed E-state index contributed by atoms with van der Waals surface area (Å²) in [5.41, 5.74) is -0.408. The molecule has 0 aliphatic carbocycles. The molecule has 1 aromatic carbocycles. The van der Waals surface area contributed by atoms with Crippen LogP contribution in [0.1, 0.15) is 16.7 Å². The summed E-state index contributed by atoms with van der Waals surface area (Å²) >= 11 is 0. The fourth-order valence-electron chi connectivity index (χ4n) is 1.24. The summed E-state index contributed by atoms with van der Waals surface area (Å²) in [5, 5.41) is 8.13. The standard InChI is InChI=1S/C10H10F4O/c1-6-3-4-7(2)8(5-6)9(11,12)10(13,14)15/h3-5,15H,1-2H3. The molecule has 5 heteroatoms. The Bertz CT molecular complexity index is 368. The lowest BCUT2D eigenvalue weighted by atomic mass is 9.99. The third-order valence-corrected chi connectivity index (χ3v) is 2.11. The van der Waals surface area contributed by atoms with Crippen LogP contribution < -0.4 is 0 Å². The highest BCUT2D eigenvalue weighted by atomic mass is 19.3. The normalized spacial score (nSPS) is 13.0.